The average Bonchev–Trinajstić information content (AvgIpc) is 2.93. The SMILES string of the molecule is CC(C)n1c(COc2ccc(C[C]=O)cc2)nc2ccccc21. The molecular weight excluding hydrogens is 288 g/mol. The number of imidazole rings is 1. The maximum Gasteiger partial charge on any atom is 0.203 e. The van der Waals surface area contributed by atoms with Crippen molar-refractivity contribution >= 4 is 17.3 Å². The van der Waals surface area contributed by atoms with E-state index in [0.717, 1.165) is 28.2 Å². The first-order valence-corrected chi connectivity index (χ1v) is 7.71. The van der Waals surface area contributed by atoms with Crippen LogP contribution in [0.4, 0.5) is 0 Å². The lowest BCUT2D eigenvalue weighted by Gasteiger charge is -2.13. The Morgan fingerprint density at radius 1 is 1.13 bits per heavy atom. The number of rotatable bonds is 6. The van der Waals surface area contributed by atoms with E-state index < -0.39 is 0 Å². The molecule has 0 atom stereocenters. The zero-order chi connectivity index (χ0) is 16.2. The summed E-state index contributed by atoms with van der Waals surface area (Å²) >= 11 is 0. The van der Waals surface area contributed by atoms with Gasteiger partial charge in [-0.15, -0.1) is 0 Å². The molecule has 2 aromatic carbocycles. The van der Waals surface area contributed by atoms with E-state index in [-0.39, 0.29) is 0 Å². The zero-order valence-electron chi connectivity index (χ0n) is 13.3. The topological polar surface area (TPSA) is 44.1 Å². The van der Waals surface area contributed by atoms with Crippen LogP contribution in [0.5, 0.6) is 5.75 Å². The Labute approximate surface area is 135 Å². The van der Waals surface area contributed by atoms with Gasteiger partial charge in [-0.1, -0.05) is 24.3 Å². The quantitative estimate of drug-likeness (QED) is 0.695. The Bertz CT molecular complexity index is 804. The summed E-state index contributed by atoms with van der Waals surface area (Å²) in [6.45, 7) is 4.69. The second-order valence-corrected chi connectivity index (χ2v) is 5.73. The molecule has 0 bridgehead atoms. The highest BCUT2D eigenvalue weighted by molar-refractivity contribution is 5.76. The van der Waals surface area contributed by atoms with Crippen LogP contribution in [0.25, 0.3) is 11.0 Å². The average molecular weight is 307 g/mol. The van der Waals surface area contributed by atoms with Crippen LogP contribution < -0.4 is 4.74 Å². The number of fused-ring (bicyclic) bond motifs is 1. The van der Waals surface area contributed by atoms with Crippen LogP contribution in [0.1, 0.15) is 31.3 Å². The third-order valence-electron chi connectivity index (χ3n) is 3.75. The van der Waals surface area contributed by atoms with Crippen LogP contribution in [0, 0.1) is 0 Å². The fourth-order valence-corrected chi connectivity index (χ4v) is 2.71. The Hall–Kier alpha value is -2.62. The van der Waals surface area contributed by atoms with E-state index in [1.807, 2.05) is 48.8 Å². The molecule has 1 radical (unpaired) electrons. The lowest BCUT2D eigenvalue weighted by atomic mass is 10.2. The van der Waals surface area contributed by atoms with E-state index >= 15 is 0 Å². The van der Waals surface area contributed by atoms with E-state index in [2.05, 4.69) is 29.5 Å². The standard InChI is InChI=1S/C19H19N2O2/c1-14(2)21-18-6-4-3-5-17(18)20-19(21)13-23-16-9-7-15(8-10-16)11-12-22/h3-10,14H,11,13H2,1-2H3. The molecule has 1 aromatic heterocycles. The van der Waals surface area contributed by atoms with E-state index in [1.54, 1.807) is 0 Å². The zero-order valence-corrected chi connectivity index (χ0v) is 13.3. The molecule has 4 nitrogen and oxygen atoms in total. The minimum atomic E-state index is 0.309. The Morgan fingerprint density at radius 2 is 1.87 bits per heavy atom. The fourth-order valence-electron chi connectivity index (χ4n) is 2.71. The van der Waals surface area contributed by atoms with Crippen molar-refractivity contribution in [3.63, 3.8) is 0 Å². The van der Waals surface area contributed by atoms with E-state index in [9.17, 15) is 4.79 Å². The van der Waals surface area contributed by atoms with Crippen LogP contribution in [0.3, 0.4) is 0 Å². The number of nitrogens with zero attached hydrogens (tertiary/aromatic N) is 2. The van der Waals surface area contributed by atoms with Crippen LogP contribution in [-0.4, -0.2) is 15.8 Å². The molecule has 0 spiro atoms. The normalized spacial score (nSPS) is 11.1. The van der Waals surface area contributed by atoms with Gasteiger partial charge in [-0.3, -0.25) is 4.79 Å². The number of hydrogen-bond acceptors (Lipinski definition) is 3. The second-order valence-electron chi connectivity index (χ2n) is 5.73. The van der Waals surface area contributed by atoms with Gasteiger partial charge in [0.15, 0.2) is 0 Å². The molecule has 1 heterocycles. The predicted octanol–water partition coefficient (Wildman–Crippen LogP) is 3.85. The van der Waals surface area contributed by atoms with Crippen molar-refractivity contribution in [2.45, 2.75) is 32.9 Å². The summed E-state index contributed by atoms with van der Waals surface area (Å²) in [6.07, 6.45) is 2.20. The molecule has 0 fully saturated rings. The van der Waals surface area contributed by atoms with E-state index in [0.29, 0.717) is 19.1 Å². The van der Waals surface area contributed by atoms with Gasteiger partial charge >= 0.3 is 0 Å². The minimum Gasteiger partial charge on any atom is -0.486 e. The van der Waals surface area contributed by atoms with Gasteiger partial charge in [-0.2, -0.15) is 0 Å². The smallest absolute Gasteiger partial charge is 0.203 e. The van der Waals surface area contributed by atoms with Gasteiger partial charge in [0, 0.05) is 12.5 Å². The molecule has 0 aliphatic carbocycles. The van der Waals surface area contributed by atoms with Gasteiger partial charge in [-0.25, -0.2) is 4.98 Å². The number of hydrogen-bond donors (Lipinski definition) is 0. The monoisotopic (exact) mass is 307 g/mol. The first-order valence-electron chi connectivity index (χ1n) is 7.71. The van der Waals surface area contributed by atoms with Crippen molar-refractivity contribution < 1.29 is 9.53 Å². The maximum atomic E-state index is 10.4. The molecule has 4 heteroatoms. The Morgan fingerprint density at radius 3 is 2.57 bits per heavy atom. The summed E-state index contributed by atoms with van der Waals surface area (Å²) in [5.41, 5.74) is 3.04. The lowest BCUT2D eigenvalue weighted by Crippen LogP contribution is -2.09. The molecule has 3 aromatic rings. The van der Waals surface area contributed by atoms with Gasteiger partial charge < -0.3 is 9.30 Å². The molecule has 0 saturated heterocycles. The molecule has 0 unspecified atom stereocenters. The fraction of sp³-hybridized carbons (Fsp3) is 0.263. The van der Waals surface area contributed by atoms with E-state index in [4.69, 9.17) is 4.74 Å². The highest BCUT2D eigenvalue weighted by atomic mass is 16.5. The van der Waals surface area contributed by atoms with Crippen molar-refractivity contribution in [2.24, 2.45) is 0 Å². The van der Waals surface area contributed by atoms with Crippen LogP contribution >= 0.6 is 0 Å². The molecule has 3 rings (SSSR count). The van der Waals surface area contributed by atoms with Crippen LogP contribution in [0.15, 0.2) is 48.5 Å². The van der Waals surface area contributed by atoms with Gasteiger partial charge in [0.25, 0.3) is 0 Å². The summed E-state index contributed by atoms with van der Waals surface area (Å²) in [5.74, 6) is 1.67. The molecule has 0 aliphatic rings. The highest BCUT2D eigenvalue weighted by Gasteiger charge is 2.13. The maximum absolute atomic E-state index is 10.4. The molecule has 23 heavy (non-hydrogen) atoms. The van der Waals surface area contributed by atoms with Crippen molar-refractivity contribution in [3.05, 3.63) is 59.9 Å². The number of benzene rings is 2. The van der Waals surface area contributed by atoms with Gasteiger partial charge in [0.2, 0.25) is 6.29 Å². The molecule has 0 saturated carbocycles. The Kier molecular flexibility index (Phi) is 4.42. The lowest BCUT2D eigenvalue weighted by molar-refractivity contribution is 0.287. The molecule has 0 amide bonds. The summed E-state index contributed by atoms with van der Waals surface area (Å²) in [7, 11) is 0. The third kappa shape index (κ3) is 3.26. The largest absolute Gasteiger partial charge is 0.486 e. The van der Waals surface area contributed by atoms with Crippen molar-refractivity contribution in [1.82, 2.24) is 9.55 Å². The van der Waals surface area contributed by atoms with Gasteiger partial charge in [0.1, 0.15) is 18.2 Å². The van der Waals surface area contributed by atoms with Crippen molar-refractivity contribution in [3.8, 4) is 5.75 Å². The van der Waals surface area contributed by atoms with Crippen molar-refractivity contribution in [1.29, 1.82) is 0 Å². The third-order valence-corrected chi connectivity index (χ3v) is 3.75. The predicted molar refractivity (Wildman–Crippen MR) is 90.3 cm³/mol. The summed E-state index contributed by atoms with van der Waals surface area (Å²) in [6, 6.07) is 15.9. The minimum absolute atomic E-state index is 0.309. The number of carbonyl (C=O) groups excluding carboxylic acids is 1. The van der Waals surface area contributed by atoms with Gasteiger partial charge in [-0.05, 0) is 43.7 Å². The summed E-state index contributed by atoms with van der Waals surface area (Å²) in [4.78, 5) is 15.1. The van der Waals surface area contributed by atoms with E-state index in [1.165, 1.54) is 0 Å². The van der Waals surface area contributed by atoms with Crippen molar-refractivity contribution in [2.75, 3.05) is 0 Å². The first-order chi connectivity index (χ1) is 11.2. The Balaban J connectivity index is 1.81. The summed E-state index contributed by atoms with van der Waals surface area (Å²) in [5, 5.41) is 0. The number of aromatic nitrogens is 2. The van der Waals surface area contributed by atoms with Crippen LogP contribution in [-0.2, 0) is 17.8 Å². The number of para-hydroxylation sites is 2. The second kappa shape index (κ2) is 6.65. The van der Waals surface area contributed by atoms with Gasteiger partial charge in [0.05, 0.1) is 11.0 Å². The molecule has 0 aliphatic heterocycles. The van der Waals surface area contributed by atoms with Crippen LogP contribution in [0.2, 0.25) is 0 Å². The molecule has 117 valence electrons. The number of ether oxygens (including phenoxy) is 1. The molecule has 0 N–H and O–H groups in total. The summed E-state index contributed by atoms with van der Waals surface area (Å²) < 4.78 is 8.06. The highest BCUT2D eigenvalue weighted by Crippen LogP contribution is 2.22. The molecular formula is C19H19N2O2. The first kappa shape index (κ1) is 15.3.